The number of aliphatic hydroxyl groups is 3. The van der Waals surface area contributed by atoms with E-state index in [9.17, 15) is 15.3 Å². The predicted molar refractivity (Wildman–Crippen MR) is 81.4 cm³/mol. The maximum atomic E-state index is 10.3. The molecule has 4 atom stereocenters. The molecule has 0 amide bonds. The topological polar surface area (TPSA) is 60.7 Å². The molecule has 0 saturated heterocycles. The molecule has 0 radical (unpaired) electrons. The Morgan fingerprint density at radius 1 is 1.00 bits per heavy atom. The highest BCUT2D eigenvalue weighted by molar-refractivity contribution is 5.14. The average molecular weight is 280 g/mol. The van der Waals surface area contributed by atoms with Crippen LogP contribution < -0.4 is 0 Å². The highest BCUT2D eigenvalue weighted by Gasteiger charge is 2.30. The second kappa shape index (κ2) is 9.11. The maximum Gasteiger partial charge on any atom is 0.0642 e. The number of benzene rings is 1. The molecule has 3 N–H and O–H groups in total. The van der Waals surface area contributed by atoms with E-state index >= 15 is 0 Å². The Bertz CT molecular complexity index is 349. The minimum atomic E-state index is -0.638. The van der Waals surface area contributed by atoms with E-state index in [1.54, 1.807) is 0 Å². The Morgan fingerprint density at radius 2 is 1.65 bits per heavy atom. The number of aliphatic hydroxyl groups excluding tert-OH is 3. The number of hydrogen-bond donors (Lipinski definition) is 3. The molecule has 0 unspecified atom stereocenters. The summed E-state index contributed by atoms with van der Waals surface area (Å²) in [5.41, 5.74) is 1.20. The molecule has 0 aliphatic heterocycles. The lowest BCUT2D eigenvalue weighted by atomic mass is 9.82. The molecule has 1 aromatic rings. The third kappa shape index (κ3) is 4.89. The molecule has 114 valence electrons. The lowest BCUT2D eigenvalue weighted by molar-refractivity contribution is -0.0370. The monoisotopic (exact) mass is 280 g/mol. The van der Waals surface area contributed by atoms with Crippen molar-refractivity contribution in [1.82, 2.24) is 0 Å². The quantitative estimate of drug-likeness (QED) is 0.651. The van der Waals surface area contributed by atoms with Crippen LogP contribution in [-0.4, -0.2) is 34.1 Å². The van der Waals surface area contributed by atoms with Crippen LogP contribution in [0.5, 0.6) is 0 Å². The van der Waals surface area contributed by atoms with Gasteiger partial charge in [-0.25, -0.2) is 0 Å². The summed E-state index contributed by atoms with van der Waals surface area (Å²) in [7, 11) is 0. The first kappa shape index (κ1) is 17.2. The molecule has 1 rings (SSSR count). The Morgan fingerprint density at radius 3 is 2.15 bits per heavy atom. The molecule has 0 heterocycles. The van der Waals surface area contributed by atoms with E-state index in [1.165, 1.54) is 5.56 Å². The van der Waals surface area contributed by atoms with Gasteiger partial charge in [-0.1, -0.05) is 44.2 Å². The van der Waals surface area contributed by atoms with E-state index < -0.39 is 12.2 Å². The van der Waals surface area contributed by atoms with Gasteiger partial charge in [-0.15, -0.1) is 0 Å². The minimum Gasteiger partial charge on any atom is -0.396 e. The van der Waals surface area contributed by atoms with Gasteiger partial charge in [-0.2, -0.15) is 0 Å². The molecule has 0 spiro atoms. The summed E-state index contributed by atoms with van der Waals surface area (Å²) < 4.78 is 0. The zero-order chi connectivity index (χ0) is 15.0. The lowest BCUT2D eigenvalue weighted by Crippen LogP contribution is -2.38. The van der Waals surface area contributed by atoms with Crippen molar-refractivity contribution in [3.8, 4) is 0 Å². The molecule has 0 bridgehead atoms. The zero-order valence-electron chi connectivity index (χ0n) is 12.6. The largest absolute Gasteiger partial charge is 0.396 e. The van der Waals surface area contributed by atoms with Gasteiger partial charge in [0.1, 0.15) is 0 Å². The van der Waals surface area contributed by atoms with Gasteiger partial charge in [-0.3, -0.25) is 0 Å². The van der Waals surface area contributed by atoms with Crippen LogP contribution in [-0.2, 0) is 6.42 Å². The van der Waals surface area contributed by atoms with Crippen molar-refractivity contribution >= 4 is 0 Å². The summed E-state index contributed by atoms with van der Waals surface area (Å²) in [5, 5.41) is 29.9. The van der Waals surface area contributed by atoms with Crippen LogP contribution in [0.25, 0.3) is 0 Å². The molecule has 20 heavy (non-hydrogen) atoms. The minimum absolute atomic E-state index is 0.0282. The molecule has 3 heteroatoms. The Kier molecular flexibility index (Phi) is 7.82. The van der Waals surface area contributed by atoms with E-state index in [2.05, 4.69) is 0 Å². The van der Waals surface area contributed by atoms with Crippen LogP contribution in [0.1, 0.15) is 38.7 Å². The molecular formula is C17H28O3. The standard InChI is InChI=1S/C17H28O3/c1-3-14(12-18)17(20)15(4-2)16(19)11-10-13-8-6-5-7-9-13/h5-9,14-20H,3-4,10-12H2,1-2H3/t14-,15+,16-,17+/m1/s1. The Labute approximate surface area is 122 Å². The van der Waals surface area contributed by atoms with Crippen molar-refractivity contribution in [2.45, 2.75) is 51.7 Å². The molecule has 3 nitrogen and oxygen atoms in total. The highest BCUT2D eigenvalue weighted by atomic mass is 16.3. The predicted octanol–water partition coefficient (Wildman–Crippen LogP) is 2.39. The molecule has 0 aliphatic rings. The van der Waals surface area contributed by atoms with Crippen molar-refractivity contribution in [3.63, 3.8) is 0 Å². The first-order valence-electron chi connectivity index (χ1n) is 7.64. The van der Waals surface area contributed by atoms with Gasteiger partial charge in [0, 0.05) is 18.4 Å². The van der Waals surface area contributed by atoms with E-state index in [4.69, 9.17) is 0 Å². The van der Waals surface area contributed by atoms with Gasteiger partial charge in [0.25, 0.3) is 0 Å². The van der Waals surface area contributed by atoms with Crippen molar-refractivity contribution in [3.05, 3.63) is 35.9 Å². The van der Waals surface area contributed by atoms with E-state index in [1.807, 2.05) is 44.2 Å². The summed E-state index contributed by atoms with van der Waals surface area (Å²) in [6, 6.07) is 10.1. The van der Waals surface area contributed by atoms with Crippen molar-refractivity contribution < 1.29 is 15.3 Å². The molecule has 1 aromatic carbocycles. The van der Waals surface area contributed by atoms with Crippen molar-refractivity contribution in [2.24, 2.45) is 11.8 Å². The number of aryl methyl sites for hydroxylation is 1. The SMILES string of the molecule is CC[C@H](CO)[C@H](O)[C@@H](CC)[C@H](O)CCc1ccccc1. The zero-order valence-corrected chi connectivity index (χ0v) is 12.6. The van der Waals surface area contributed by atoms with E-state index in [-0.39, 0.29) is 18.4 Å². The summed E-state index contributed by atoms with van der Waals surface area (Å²) >= 11 is 0. The first-order valence-corrected chi connectivity index (χ1v) is 7.64. The van der Waals surface area contributed by atoms with Gasteiger partial charge < -0.3 is 15.3 Å². The average Bonchev–Trinajstić information content (AvgIpc) is 2.48. The van der Waals surface area contributed by atoms with Crippen molar-refractivity contribution in [1.29, 1.82) is 0 Å². The van der Waals surface area contributed by atoms with E-state index in [0.29, 0.717) is 12.8 Å². The third-order valence-electron chi connectivity index (χ3n) is 4.22. The van der Waals surface area contributed by atoms with Gasteiger partial charge in [0.2, 0.25) is 0 Å². The normalized spacial score (nSPS) is 17.4. The van der Waals surface area contributed by atoms with Gasteiger partial charge in [0.05, 0.1) is 12.2 Å². The molecule has 0 aliphatic carbocycles. The molecule has 0 aromatic heterocycles. The highest BCUT2D eigenvalue weighted by Crippen LogP contribution is 2.24. The summed E-state index contributed by atoms with van der Waals surface area (Å²) in [5.74, 6) is -0.317. The number of rotatable bonds is 9. The maximum absolute atomic E-state index is 10.3. The first-order chi connectivity index (χ1) is 9.63. The van der Waals surface area contributed by atoms with Gasteiger partial charge >= 0.3 is 0 Å². The lowest BCUT2D eigenvalue weighted by Gasteiger charge is -2.31. The fraction of sp³-hybridized carbons (Fsp3) is 0.647. The van der Waals surface area contributed by atoms with Crippen LogP contribution in [0.2, 0.25) is 0 Å². The van der Waals surface area contributed by atoms with Crippen LogP contribution in [0, 0.1) is 11.8 Å². The second-order valence-corrected chi connectivity index (χ2v) is 5.51. The number of hydrogen-bond acceptors (Lipinski definition) is 3. The summed E-state index contributed by atoms with van der Waals surface area (Å²) in [6.07, 6.45) is 1.71. The van der Waals surface area contributed by atoms with E-state index in [0.717, 1.165) is 12.8 Å². The Hall–Kier alpha value is -0.900. The Balaban J connectivity index is 2.56. The van der Waals surface area contributed by atoms with Crippen LogP contribution in [0.4, 0.5) is 0 Å². The van der Waals surface area contributed by atoms with Crippen LogP contribution in [0.15, 0.2) is 30.3 Å². The van der Waals surface area contributed by atoms with Crippen LogP contribution in [0.3, 0.4) is 0 Å². The molecule has 0 fully saturated rings. The van der Waals surface area contributed by atoms with Gasteiger partial charge in [0.15, 0.2) is 0 Å². The second-order valence-electron chi connectivity index (χ2n) is 5.51. The molecular weight excluding hydrogens is 252 g/mol. The van der Waals surface area contributed by atoms with Crippen LogP contribution >= 0.6 is 0 Å². The fourth-order valence-corrected chi connectivity index (χ4v) is 2.74. The fourth-order valence-electron chi connectivity index (χ4n) is 2.74. The molecule has 0 saturated carbocycles. The third-order valence-corrected chi connectivity index (χ3v) is 4.22. The van der Waals surface area contributed by atoms with Crippen molar-refractivity contribution in [2.75, 3.05) is 6.61 Å². The summed E-state index contributed by atoms with van der Waals surface area (Å²) in [4.78, 5) is 0. The smallest absolute Gasteiger partial charge is 0.0642 e. The van der Waals surface area contributed by atoms with Gasteiger partial charge in [-0.05, 0) is 31.2 Å². The summed E-state index contributed by atoms with van der Waals surface area (Å²) in [6.45, 7) is 3.90.